The van der Waals surface area contributed by atoms with Crippen LogP contribution < -0.4 is 0 Å². The molecule has 1 saturated carbocycles. The van der Waals surface area contributed by atoms with E-state index in [0.717, 1.165) is 6.26 Å². The Morgan fingerprint density at radius 1 is 1.43 bits per heavy atom. The Hall–Kier alpha value is -0.620. The summed E-state index contributed by atoms with van der Waals surface area (Å²) in [4.78, 5) is 11.1. The van der Waals surface area contributed by atoms with Crippen LogP contribution in [0.5, 0.6) is 0 Å². The Labute approximate surface area is 83.5 Å². The van der Waals surface area contributed by atoms with Crippen LogP contribution in [0.3, 0.4) is 0 Å². The van der Waals surface area contributed by atoms with E-state index in [4.69, 9.17) is 8.92 Å². The standard InChI is InChI=1S/C8H14O5S/c1-3-12-8(9)6-4-7(5-6)13-14(2,10)11/h6-7H,3-5H2,1-2H3/t6-,7+. The fourth-order valence-electron chi connectivity index (χ4n) is 1.34. The zero-order valence-electron chi connectivity index (χ0n) is 8.23. The van der Waals surface area contributed by atoms with E-state index < -0.39 is 10.1 Å². The van der Waals surface area contributed by atoms with Gasteiger partial charge in [0.2, 0.25) is 0 Å². The zero-order chi connectivity index (χ0) is 10.8. The highest BCUT2D eigenvalue weighted by Crippen LogP contribution is 2.31. The highest BCUT2D eigenvalue weighted by molar-refractivity contribution is 7.86. The molecule has 0 N–H and O–H groups in total. The highest BCUT2D eigenvalue weighted by atomic mass is 32.2. The van der Waals surface area contributed by atoms with Crippen molar-refractivity contribution in [3.8, 4) is 0 Å². The molecule has 14 heavy (non-hydrogen) atoms. The minimum absolute atomic E-state index is 0.193. The van der Waals surface area contributed by atoms with Crippen molar-refractivity contribution in [2.75, 3.05) is 12.9 Å². The minimum atomic E-state index is -3.40. The lowest BCUT2D eigenvalue weighted by atomic mass is 9.83. The van der Waals surface area contributed by atoms with Gasteiger partial charge < -0.3 is 4.74 Å². The third-order valence-electron chi connectivity index (χ3n) is 2.03. The Balaban J connectivity index is 2.27. The molecule has 0 spiro atoms. The van der Waals surface area contributed by atoms with Gasteiger partial charge in [-0.25, -0.2) is 0 Å². The third kappa shape index (κ3) is 3.26. The maximum atomic E-state index is 11.1. The summed E-state index contributed by atoms with van der Waals surface area (Å²) in [5.41, 5.74) is 0. The number of hydrogen-bond acceptors (Lipinski definition) is 5. The summed E-state index contributed by atoms with van der Waals surface area (Å²) in [6.07, 6.45) is 1.53. The fourth-order valence-corrected chi connectivity index (χ4v) is 2.00. The monoisotopic (exact) mass is 222 g/mol. The van der Waals surface area contributed by atoms with Gasteiger partial charge in [0.1, 0.15) is 0 Å². The van der Waals surface area contributed by atoms with Crippen LogP contribution in [0, 0.1) is 5.92 Å². The summed E-state index contributed by atoms with van der Waals surface area (Å²) in [6.45, 7) is 2.09. The molecule has 6 heteroatoms. The molecule has 1 aliphatic rings. The lowest BCUT2D eigenvalue weighted by Crippen LogP contribution is -2.38. The van der Waals surface area contributed by atoms with E-state index >= 15 is 0 Å². The van der Waals surface area contributed by atoms with Gasteiger partial charge in [-0.15, -0.1) is 0 Å². The van der Waals surface area contributed by atoms with Crippen LogP contribution >= 0.6 is 0 Å². The minimum Gasteiger partial charge on any atom is -0.466 e. The molecule has 82 valence electrons. The molecule has 0 aromatic heterocycles. The molecule has 0 bridgehead atoms. The van der Waals surface area contributed by atoms with E-state index in [1.54, 1.807) is 6.92 Å². The first-order valence-electron chi connectivity index (χ1n) is 4.47. The molecule has 1 rings (SSSR count). The van der Waals surface area contributed by atoms with E-state index in [1.807, 2.05) is 0 Å². The molecule has 0 aromatic rings. The second kappa shape index (κ2) is 4.27. The van der Waals surface area contributed by atoms with Gasteiger partial charge in [-0.05, 0) is 19.8 Å². The van der Waals surface area contributed by atoms with E-state index in [-0.39, 0.29) is 18.0 Å². The number of hydrogen-bond donors (Lipinski definition) is 0. The number of carbonyl (C=O) groups excluding carboxylic acids is 1. The quantitative estimate of drug-likeness (QED) is 0.505. The molecule has 5 nitrogen and oxygen atoms in total. The van der Waals surface area contributed by atoms with Gasteiger partial charge in [-0.1, -0.05) is 0 Å². The van der Waals surface area contributed by atoms with Crippen molar-refractivity contribution in [1.29, 1.82) is 0 Å². The van der Waals surface area contributed by atoms with Crippen LogP contribution in [0.1, 0.15) is 19.8 Å². The van der Waals surface area contributed by atoms with Crippen LogP contribution in [0.2, 0.25) is 0 Å². The predicted octanol–water partition coefficient (Wildman–Crippen LogP) is 0.304. The SMILES string of the molecule is CCOC(=O)[C@H]1C[C@@H](OS(C)(=O)=O)C1. The molecular formula is C8H14O5S. The van der Waals surface area contributed by atoms with Gasteiger partial charge >= 0.3 is 5.97 Å². The van der Waals surface area contributed by atoms with Crippen molar-refractivity contribution < 1.29 is 22.1 Å². The fraction of sp³-hybridized carbons (Fsp3) is 0.875. The van der Waals surface area contributed by atoms with Crippen LogP contribution in [-0.4, -0.2) is 33.4 Å². The van der Waals surface area contributed by atoms with Crippen molar-refractivity contribution in [1.82, 2.24) is 0 Å². The van der Waals surface area contributed by atoms with E-state index in [0.29, 0.717) is 19.4 Å². The molecule has 0 radical (unpaired) electrons. The molecular weight excluding hydrogens is 208 g/mol. The predicted molar refractivity (Wildman–Crippen MR) is 49.1 cm³/mol. The van der Waals surface area contributed by atoms with Crippen molar-refractivity contribution in [3.63, 3.8) is 0 Å². The normalized spacial score (nSPS) is 26.7. The number of esters is 1. The van der Waals surface area contributed by atoms with Crippen molar-refractivity contribution in [3.05, 3.63) is 0 Å². The summed E-state index contributed by atoms with van der Waals surface area (Å²) in [6, 6.07) is 0. The first-order chi connectivity index (χ1) is 6.42. The molecule has 0 saturated heterocycles. The van der Waals surface area contributed by atoms with Crippen molar-refractivity contribution in [2.24, 2.45) is 5.92 Å². The Kier molecular flexibility index (Phi) is 3.49. The zero-order valence-corrected chi connectivity index (χ0v) is 9.04. The number of ether oxygens (including phenoxy) is 1. The van der Waals surface area contributed by atoms with Gasteiger partial charge in [-0.2, -0.15) is 8.42 Å². The van der Waals surface area contributed by atoms with Gasteiger partial charge in [0.05, 0.1) is 24.9 Å². The van der Waals surface area contributed by atoms with Crippen molar-refractivity contribution >= 4 is 16.1 Å². The third-order valence-corrected chi connectivity index (χ3v) is 2.65. The lowest BCUT2D eigenvalue weighted by Gasteiger charge is -2.31. The van der Waals surface area contributed by atoms with E-state index in [2.05, 4.69) is 0 Å². The van der Waals surface area contributed by atoms with E-state index in [9.17, 15) is 13.2 Å². The molecule has 0 aromatic carbocycles. The van der Waals surface area contributed by atoms with Gasteiger partial charge in [-0.3, -0.25) is 8.98 Å². The van der Waals surface area contributed by atoms with Gasteiger partial charge in [0.25, 0.3) is 10.1 Å². The highest BCUT2D eigenvalue weighted by Gasteiger charge is 2.38. The lowest BCUT2D eigenvalue weighted by molar-refractivity contribution is -0.154. The van der Waals surface area contributed by atoms with Crippen LogP contribution in [-0.2, 0) is 23.8 Å². The number of carbonyl (C=O) groups is 1. The molecule has 0 atom stereocenters. The molecule has 0 unspecified atom stereocenters. The molecule has 1 aliphatic carbocycles. The second-order valence-corrected chi connectivity index (χ2v) is 4.94. The topological polar surface area (TPSA) is 69.7 Å². The first kappa shape index (κ1) is 11.5. The van der Waals surface area contributed by atoms with Crippen molar-refractivity contribution in [2.45, 2.75) is 25.9 Å². The second-order valence-electron chi connectivity index (χ2n) is 3.34. The largest absolute Gasteiger partial charge is 0.466 e. The summed E-state index contributed by atoms with van der Waals surface area (Å²) in [7, 11) is -3.40. The Morgan fingerprint density at radius 2 is 2.00 bits per heavy atom. The Morgan fingerprint density at radius 3 is 2.43 bits per heavy atom. The molecule has 0 amide bonds. The summed E-state index contributed by atoms with van der Waals surface area (Å²) in [5, 5.41) is 0. The van der Waals surface area contributed by atoms with Crippen LogP contribution in [0.15, 0.2) is 0 Å². The summed E-state index contributed by atoms with van der Waals surface area (Å²) >= 11 is 0. The van der Waals surface area contributed by atoms with Crippen LogP contribution in [0.4, 0.5) is 0 Å². The Bertz CT molecular complexity index is 302. The summed E-state index contributed by atoms with van der Waals surface area (Å²) in [5.74, 6) is -0.456. The molecule has 0 heterocycles. The average molecular weight is 222 g/mol. The molecule has 1 fully saturated rings. The van der Waals surface area contributed by atoms with Gasteiger partial charge in [0, 0.05) is 0 Å². The van der Waals surface area contributed by atoms with E-state index in [1.165, 1.54) is 0 Å². The smallest absolute Gasteiger partial charge is 0.309 e. The molecule has 0 aliphatic heterocycles. The maximum absolute atomic E-state index is 11.1. The maximum Gasteiger partial charge on any atom is 0.309 e. The number of rotatable bonds is 4. The van der Waals surface area contributed by atoms with Gasteiger partial charge in [0.15, 0.2) is 0 Å². The first-order valence-corrected chi connectivity index (χ1v) is 6.29. The summed E-state index contributed by atoms with van der Waals surface area (Å²) < 4.78 is 30.9. The van der Waals surface area contributed by atoms with Crippen LogP contribution in [0.25, 0.3) is 0 Å². The average Bonchev–Trinajstić information content (AvgIpc) is 1.94.